The second-order valence-electron chi connectivity index (χ2n) is 8.86. The lowest BCUT2D eigenvalue weighted by Crippen LogP contribution is -2.44. The molecule has 0 saturated carbocycles. The Kier molecular flexibility index (Phi) is 5.90. The molecule has 0 aliphatic carbocycles. The molecule has 0 radical (unpaired) electrons. The van der Waals surface area contributed by atoms with Crippen molar-refractivity contribution in [3.05, 3.63) is 66.0 Å². The summed E-state index contributed by atoms with van der Waals surface area (Å²) >= 11 is 0. The third-order valence-corrected chi connectivity index (χ3v) is 6.34. The highest BCUT2D eigenvalue weighted by atomic mass is 16.2. The van der Waals surface area contributed by atoms with Gasteiger partial charge in [-0.15, -0.1) is 0 Å². The molecule has 4 aromatic rings. The van der Waals surface area contributed by atoms with E-state index in [0.717, 1.165) is 76.7 Å². The van der Waals surface area contributed by atoms with E-state index < -0.39 is 0 Å². The molecule has 1 fully saturated rings. The summed E-state index contributed by atoms with van der Waals surface area (Å²) in [5, 5.41) is 14.3. The number of urea groups is 1. The lowest BCUT2D eigenvalue weighted by molar-refractivity contribution is 0.262. The van der Waals surface area contributed by atoms with E-state index in [-0.39, 0.29) is 6.03 Å². The zero-order chi connectivity index (χ0) is 23.7. The number of likely N-dealkylation sites (N-methyl/N-ethyl adjacent to an activating group) is 1. The van der Waals surface area contributed by atoms with E-state index >= 15 is 0 Å². The van der Waals surface area contributed by atoms with Gasteiger partial charge in [-0.1, -0.05) is 18.2 Å². The molecule has 0 unspecified atom stereocenters. The standard InChI is InChI=1S/C26H29N7O/c1-17-4-9-23(33-14-12-32(3)13-15-33)22(16-17)29-26(34)28-20-7-5-19(6-8-20)21-10-11-27-25-24(21)18(2)30-31-25/h4-11,16H,12-15H2,1-3H3,(H,27,30,31)(H2,28,29,34). The van der Waals surface area contributed by atoms with Crippen molar-refractivity contribution < 1.29 is 4.79 Å². The van der Waals surface area contributed by atoms with Crippen LogP contribution in [-0.4, -0.2) is 59.3 Å². The number of fused-ring (bicyclic) bond motifs is 1. The van der Waals surface area contributed by atoms with Gasteiger partial charge in [-0.3, -0.25) is 5.10 Å². The maximum atomic E-state index is 12.9. The summed E-state index contributed by atoms with van der Waals surface area (Å²) in [4.78, 5) is 21.8. The topological polar surface area (TPSA) is 89.2 Å². The maximum Gasteiger partial charge on any atom is 0.323 e. The molecule has 174 valence electrons. The number of rotatable bonds is 4. The molecular formula is C26H29N7O. The summed E-state index contributed by atoms with van der Waals surface area (Å²) in [7, 11) is 2.14. The first kappa shape index (κ1) is 21.9. The van der Waals surface area contributed by atoms with Gasteiger partial charge in [-0.25, -0.2) is 9.78 Å². The van der Waals surface area contributed by atoms with Crippen LogP contribution >= 0.6 is 0 Å². The number of piperazine rings is 1. The maximum absolute atomic E-state index is 12.9. The summed E-state index contributed by atoms with van der Waals surface area (Å²) in [6, 6.07) is 15.8. The first-order valence-electron chi connectivity index (χ1n) is 11.5. The molecule has 0 bridgehead atoms. The van der Waals surface area contributed by atoms with Gasteiger partial charge in [0, 0.05) is 43.4 Å². The smallest absolute Gasteiger partial charge is 0.323 e. The number of hydrogen-bond acceptors (Lipinski definition) is 5. The molecule has 2 aromatic heterocycles. The normalized spacial score (nSPS) is 14.4. The fraction of sp³-hybridized carbons (Fsp3) is 0.269. The van der Waals surface area contributed by atoms with Gasteiger partial charge in [-0.2, -0.15) is 5.10 Å². The molecule has 0 spiro atoms. The highest BCUT2D eigenvalue weighted by Crippen LogP contribution is 2.30. The number of H-pyrrole nitrogens is 1. The van der Waals surface area contributed by atoms with E-state index in [1.165, 1.54) is 0 Å². The number of benzene rings is 2. The Labute approximate surface area is 199 Å². The van der Waals surface area contributed by atoms with E-state index in [9.17, 15) is 4.79 Å². The van der Waals surface area contributed by atoms with Gasteiger partial charge in [0.15, 0.2) is 5.65 Å². The Bertz CT molecular complexity index is 1320. The minimum Gasteiger partial charge on any atom is -0.367 e. The fourth-order valence-corrected chi connectivity index (χ4v) is 4.44. The van der Waals surface area contributed by atoms with Crippen molar-refractivity contribution in [1.29, 1.82) is 0 Å². The Balaban J connectivity index is 1.31. The highest BCUT2D eigenvalue weighted by molar-refractivity contribution is 6.02. The van der Waals surface area contributed by atoms with Crippen LogP contribution < -0.4 is 15.5 Å². The molecule has 0 atom stereocenters. The van der Waals surface area contributed by atoms with E-state index in [2.05, 4.69) is 54.8 Å². The summed E-state index contributed by atoms with van der Waals surface area (Å²) in [5.74, 6) is 0. The number of aromatic amines is 1. The van der Waals surface area contributed by atoms with Gasteiger partial charge in [0.25, 0.3) is 0 Å². The number of anilines is 3. The third-order valence-electron chi connectivity index (χ3n) is 6.34. The minimum atomic E-state index is -0.259. The number of aromatic nitrogens is 3. The van der Waals surface area contributed by atoms with Gasteiger partial charge < -0.3 is 20.4 Å². The molecule has 1 aliphatic rings. The van der Waals surface area contributed by atoms with Crippen molar-refractivity contribution >= 4 is 34.1 Å². The van der Waals surface area contributed by atoms with Crippen molar-refractivity contribution in [2.24, 2.45) is 0 Å². The first-order chi connectivity index (χ1) is 16.5. The van der Waals surface area contributed by atoms with Crippen molar-refractivity contribution in [3.8, 4) is 11.1 Å². The molecule has 8 nitrogen and oxygen atoms in total. The molecular weight excluding hydrogens is 426 g/mol. The number of hydrogen-bond donors (Lipinski definition) is 3. The Morgan fingerprint density at radius 1 is 0.971 bits per heavy atom. The molecule has 2 aromatic carbocycles. The van der Waals surface area contributed by atoms with Crippen LogP contribution in [0.3, 0.4) is 0 Å². The quantitative estimate of drug-likeness (QED) is 0.417. The zero-order valence-corrected chi connectivity index (χ0v) is 19.7. The number of carbonyl (C=O) groups is 1. The fourth-order valence-electron chi connectivity index (χ4n) is 4.44. The van der Waals surface area contributed by atoms with Gasteiger partial charge in [-0.05, 0) is 67.9 Å². The average Bonchev–Trinajstić information content (AvgIpc) is 3.21. The number of nitrogens with zero attached hydrogens (tertiary/aromatic N) is 4. The molecule has 8 heteroatoms. The van der Waals surface area contributed by atoms with Gasteiger partial charge in [0.05, 0.1) is 17.1 Å². The molecule has 2 amide bonds. The van der Waals surface area contributed by atoms with Crippen LogP contribution in [-0.2, 0) is 0 Å². The largest absolute Gasteiger partial charge is 0.367 e. The van der Waals surface area contributed by atoms with Crippen LogP contribution in [0, 0.1) is 13.8 Å². The number of pyridine rings is 1. The highest BCUT2D eigenvalue weighted by Gasteiger charge is 2.18. The molecule has 1 saturated heterocycles. The Morgan fingerprint density at radius 2 is 1.74 bits per heavy atom. The van der Waals surface area contributed by atoms with Crippen LogP contribution in [0.2, 0.25) is 0 Å². The van der Waals surface area contributed by atoms with E-state index in [4.69, 9.17) is 0 Å². The van der Waals surface area contributed by atoms with Crippen molar-refractivity contribution in [2.75, 3.05) is 48.8 Å². The molecule has 5 rings (SSSR count). The summed E-state index contributed by atoms with van der Waals surface area (Å²) in [6.45, 7) is 7.90. The number of nitrogens with one attached hydrogen (secondary N) is 3. The summed E-state index contributed by atoms with van der Waals surface area (Å²) in [5.41, 5.74) is 7.50. The van der Waals surface area contributed by atoms with Gasteiger partial charge >= 0.3 is 6.03 Å². The van der Waals surface area contributed by atoms with Crippen molar-refractivity contribution in [3.63, 3.8) is 0 Å². The Hall–Kier alpha value is -3.91. The van der Waals surface area contributed by atoms with Crippen LogP contribution in [0.25, 0.3) is 22.2 Å². The van der Waals surface area contributed by atoms with Gasteiger partial charge in [0.2, 0.25) is 0 Å². The SMILES string of the molecule is Cc1ccc(N2CCN(C)CC2)c(NC(=O)Nc2ccc(-c3ccnc4[nH]nc(C)c34)cc2)c1. The monoisotopic (exact) mass is 455 g/mol. The predicted octanol–water partition coefficient (Wildman–Crippen LogP) is 4.64. The Morgan fingerprint density at radius 3 is 2.50 bits per heavy atom. The van der Waals surface area contributed by atoms with E-state index in [1.54, 1.807) is 6.20 Å². The van der Waals surface area contributed by atoms with Crippen LogP contribution in [0.1, 0.15) is 11.3 Å². The third kappa shape index (κ3) is 4.45. The van der Waals surface area contributed by atoms with Crippen LogP contribution in [0.5, 0.6) is 0 Å². The zero-order valence-electron chi connectivity index (χ0n) is 19.7. The molecule has 34 heavy (non-hydrogen) atoms. The summed E-state index contributed by atoms with van der Waals surface area (Å²) in [6.07, 6.45) is 1.77. The predicted molar refractivity (Wildman–Crippen MR) is 138 cm³/mol. The average molecular weight is 456 g/mol. The minimum absolute atomic E-state index is 0.259. The number of amides is 2. The number of aryl methyl sites for hydroxylation is 2. The molecule has 1 aliphatic heterocycles. The number of carbonyl (C=O) groups excluding carboxylic acids is 1. The van der Waals surface area contributed by atoms with Crippen molar-refractivity contribution in [2.45, 2.75) is 13.8 Å². The van der Waals surface area contributed by atoms with Crippen LogP contribution in [0.15, 0.2) is 54.7 Å². The van der Waals surface area contributed by atoms with Crippen molar-refractivity contribution in [1.82, 2.24) is 20.1 Å². The first-order valence-corrected chi connectivity index (χ1v) is 11.5. The molecule has 3 N–H and O–H groups in total. The lowest BCUT2D eigenvalue weighted by Gasteiger charge is -2.35. The van der Waals surface area contributed by atoms with E-state index in [0.29, 0.717) is 0 Å². The second-order valence-corrected chi connectivity index (χ2v) is 8.86. The molecule has 3 heterocycles. The van der Waals surface area contributed by atoms with Gasteiger partial charge in [0.1, 0.15) is 0 Å². The summed E-state index contributed by atoms with van der Waals surface area (Å²) < 4.78 is 0. The van der Waals surface area contributed by atoms with E-state index in [1.807, 2.05) is 50.2 Å². The lowest BCUT2D eigenvalue weighted by atomic mass is 10.0. The second kappa shape index (κ2) is 9.15. The van der Waals surface area contributed by atoms with Crippen LogP contribution in [0.4, 0.5) is 21.9 Å².